The van der Waals surface area contributed by atoms with Crippen molar-refractivity contribution in [3.05, 3.63) is 30.2 Å². The number of hydrogen-bond donors (Lipinski definition) is 3. The molecule has 0 unspecified atom stereocenters. The minimum Gasteiger partial charge on any atom is -0.503 e. The Labute approximate surface area is 123 Å². The summed E-state index contributed by atoms with van der Waals surface area (Å²) in [6.07, 6.45) is 5.88. The number of carboxylic acid groups (broad SMARTS) is 1. The maximum absolute atomic E-state index is 12.6. The topological polar surface area (TPSA) is 73.3 Å². The molecule has 0 aliphatic rings. The number of aliphatic carboxylic acids is 1. The third-order valence-electron chi connectivity index (χ3n) is 3.13. The maximum atomic E-state index is 12.6. The molecule has 0 saturated heterocycles. The molecule has 0 aliphatic carbocycles. The number of fused-ring (bicyclic) bond motifs is 1. The molecule has 0 aliphatic heterocycles. The van der Waals surface area contributed by atoms with Crippen molar-refractivity contribution >= 4 is 16.9 Å². The van der Waals surface area contributed by atoms with Crippen LogP contribution >= 0.6 is 0 Å². The van der Waals surface area contributed by atoms with Crippen molar-refractivity contribution in [2.75, 3.05) is 0 Å². The van der Waals surface area contributed by atoms with Gasteiger partial charge in [-0.15, -0.1) is 0 Å². The van der Waals surface area contributed by atoms with Crippen LogP contribution in [0.1, 0.15) is 45.4 Å². The van der Waals surface area contributed by atoms with Crippen molar-refractivity contribution in [2.24, 2.45) is 0 Å². The van der Waals surface area contributed by atoms with E-state index in [1.807, 2.05) is 0 Å². The van der Waals surface area contributed by atoms with Crippen molar-refractivity contribution < 1.29 is 19.4 Å². The lowest BCUT2D eigenvalue weighted by molar-refractivity contribution is -0.137. The zero-order valence-corrected chi connectivity index (χ0v) is 12.2. The van der Waals surface area contributed by atoms with Crippen LogP contribution in [0.25, 0.3) is 10.9 Å². The molecular weight excluding hydrogens is 273 g/mol. The smallest absolute Gasteiger partial charge is 0.303 e. The second-order valence-corrected chi connectivity index (χ2v) is 4.89. The highest BCUT2D eigenvalue weighted by atomic mass is 19.1. The Morgan fingerprint density at radius 1 is 1.19 bits per heavy atom. The molecule has 2 rings (SSSR count). The lowest BCUT2D eigenvalue weighted by Crippen LogP contribution is -1.93. The van der Waals surface area contributed by atoms with E-state index in [4.69, 9.17) is 10.2 Å². The number of unbranched alkanes of at least 4 members (excludes halogenated alkanes) is 4. The molecule has 21 heavy (non-hydrogen) atoms. The van der Waals surface area contributed by atoms with Crippen LogP contribution in [-0.2, 0) is 4.79 Å². The third kappa shape index (κ3) is 5.85. The van der Waals surface area contributed by atoms with Crippen LogP contribution in [0, 0.1) is 5.95 Å². The van der Waals surface area contributed by atoms with E-state index in [0.29, 0.717) is 17.3 Å². The van der Waals surface area contributed by atoms with Crippen LogP contribution in [-0.4, -0.2) is 21.2 Å². The predicted molar refractivity (Wildman–Crippen MR) is 80.9 cm³/mol. The summed E-state index contributed by atoms with van der Waals surface area (Å²) in [7, 11) is 0. The zero-order valence-electron chi connectivity index (χ0n) is 12.2. The van der Waals surface area contributed by atoms with Crippen molar-refractivity contribution in [1.82, 2.24) is 4.98 Å². The van der Waals surface area contributed by atoms with Gasteiger partial charge in [0.05, 0.1) is 5.52 Å². The Kier molecular flexibility index (Phi) is 7.29. The number of halogens is 1. The zero-order chi connectivity index (χ0) is 15.7. The van der Waals surface area contributed by atoms with Gasteiger partial charge in [0, 0.05) is 11.8 Å². The van der Waals surface area contributed by atoms with Gasteiger partial charge in [0.1, 0.15) is 0 Å². The number of aromatic hydroxyl groups is 1. The molecule has 0 radical (unpaired) electrons. The van der Waals surface area contributed by atoms with Crippen molar-refractivity contribution in [3.8, 4) is 5.75 Å². The maximum Gasteiger partial charge on any atom is 0.303 e. The molecule has 0 bridgehead atoms. The minimum atomic E-state index is -0.675. The van der Waals surface area contributed by atoms with E-state index in [9.17, 15) is 9.18 Å². The molecule has 1 aromatic carbocycles. The quantitative estimate of drug-likeness (QED) is 0.689. The first kappa shape index (κ1) is 17.0. The van der Waals surface area contributed by atoms with E-state index in [1.54, 1.807) is 24.3 Å². The molecule has 1 aromatic heterocycles. The first-order valence-electron chi connectivity index (χ1n) is 7.23. The van der Waals surface area contributed by atoms with Crippen LogP contribution in [0.3, 0.4) is 0 Å². The van der Waals surface area contributed by atoms with Gasteiger partial charge in [-0.05, 0) is 18.6 Å². The Bertz CT molecular complexity index is 566. The highest BCUT2D eigenvalue weighted by molar-refractivity contribution is 5.85. The van der Waals surface area contributed by atoms with E-state index in [2.05, 4.69) is 11.9 Å². The number of aromatic nitrogens is 1. The highest BCUT2D eigenvalue weighted by Gasteiger charge is 2.07. The Morgan fingerprint density at radius 2 is 1.86 bits per heavy atom. The fourth-order valence-corrected chi connectivity index (χ4v) is 1.97. The number of carboxylic acids is 1. The number of aromatic amines is 1. The Balaban J connectivity index is 0.000000212. The Hall–Kier alpha value is -2.04. The molecular formula is C16H22FNO3. The van der Waals surface area contributed by atoms with Crippen LogP contribution < -0.4 is 0 Å². The fourth-order valence-electron chi connectivity index (χ4n) is 1.97. The average molecular weight is 295 g/mol. The van der Waals surface area contributed by atoms with Gasteiger partial charge in [-0.2, -0.15) is 4.39 Å². The van der Waals surface area contributed by atoms with E-state index in [1.165, 1.54) is 19.3 Å². The monoisotopic (exact) mass is 295 g/mol. The molecule has 2 aromatic rings. The van der Waals surface area contributed by atoms with E-state index in [0.717, 1.165) is 12.8 Å². The number of benzene rings is 1. The van der Waals surface area contributed by atoms with Crippen LogP contribution in [0.5, 0.6) is 5.75 Å². The number of carbonyl (C=O) groups is 1. The molecule has 1 heterocycles. The molecule has 3 N–H and O–H groups in total. The molecule has 0 spiro atoms. The summed E-state index contributed by atoms with van der Waals surface area (Å²) in [5.74, 6) is -1.65. The normalized spacial score (nSPS) is 10.2. The number of para-hydroxylation sites is 1. The Morgan fingerprint density at radius 3 is 2.48 bits per heavy atom. The summed E-state index contributed by atoms with van der Waals surface area (Å²) in [5, 5.41) is 17.9. The van der Waals surface area contributed by atoms with Crippen molar-refractivity contribution in [2.45, 2.75) is 45.4 Å². The minimum absolute atomic E-state index is 0.305. The van der Waals surface area contributed by atoms with Crippen LogP contribution in [0.2, 0.25) is 0 Å². The first-order valence-corrected chi connectivity index (χ1v) is 7.23. The fraction of sp³-hybridized carbons (Fsp3) is 0.438. The van der Waals surface area contributed by atoms with Gasteiger partial charge in [0.15, 0.2) is 5.75 Å². The number of nitrogens with one attached hydrogen (secondary N) is 1. The van der Waals surface area contributed by atoms with Gasteiger partial charge >= 0.3 is 5.97 Å². The van der Waals surface area contributed by atoms with Crippen molar-refractivity contribution in [3.63, 3.8) is 0 Å². The van der Waals surface area contributed by atoms with Gasteiger partial charge in [-0.25, -0.2) is 0 Å². The SMILES string of the molecule is CCCCCCCC(=O)O.Oc1c(F)[nH]c2ccccc12. The second-order valence-electron chi connectivity index (χ2n) is 4.89. The second kappa shape index (κ2) is 9.00. The summed E-state index contributed by atoms with van der Waals surface area (Å²) in [4.78, 5) is 12.4. The van der Waals surface area contributed by atoms with Gasteiger partial charge in [-0.1, -0.05) is 44.7 Å². The number of hydrogen-bond acceptors (Lipinski definition) is 2. The van der Waals surface area contributed by atoms with E-state index >= 15 is 0 Å². The first-order chi connectivity index (χ1) is 10.1. The number of rotatable bonds is 6. The number of H-pyrrole nitrogens is 1. The van der Waals surface area contributed by atoms with Gasteiger partial charge in [0.25, 0.3) is 0 Å². The molecule has 5 heteroatoms. The van der Waals surface area contributed by atoms with Crippen LogP contribution in [0.4, 0.5) is 4.39 Å². The average Bonchev–Trinajstić information content (AvgIpc) is 2.75. The van der Waals surface area contributed by atoms with Crippen molar-refractivity contribution in [1.29, 1.82) is 0 Å². The lowest BCUT2D eigenvalue weighted by Gasteiger charge is -1.95. The standard InChI is InChI=1S/C8H6FNO.C8H16O2/c9-8-7(11)5-3-1-2-4-6(5)10-8;1-2-3-4-5-6-7-8(9)10/h1-4,10-11H;2-7H2,1H3,(H,9,10). The molecule has 0 atom stereocenters. The van der Waals surface area contributed by atoms with E-state index in [-0.39, 0.29) is 5.75 Å². The largest absolute Gasteiger partial charge is 0.503 e. The molecule has 0 saturated carbocycles. The lowest BCUT2D eigenvalue weighted by atomic mass is 10.1. The summed E-state index contributed by atoms with van der Waals surface area (Å²) >= 11 is 0. The van der Waals surface area contributed by atoms with Gasteiger partial charge < -0.3 is 15.2 Å². The van der Waals surface area contributed by atoms with Crippen LogP contribution in [0.15, 0.2) is 24.3 Å². The summed E-state index contributed by atoms with van der Waals surface area (Å²) in [6.45, 7) is 2.15. The van der Waals surface area contributed by atoms with Gasteiger partial charge in [-0.3, -0.25) is 4.79 Å². The predicted octanol–water partition coefficient (Wildman–Crippen LogP) is 4.44. The summed E-state index contributed by atoms with van der Waals surface area (Å²) in [5.41, 5.74) is 0.613. The highest BCUT2D eigenvalue weighted by Crippen LogP contribution is 2.26. The third-order valence-corrected chi connectivity index (χ3v) is 3.13. The summed E-state index contributed by atoms with van der Waals surface area (Å²) < 4.78 is 12.6. The molecule has 116 valence electrons. The van der Waals surface area contributed by atoms with E-state index < -0.39 is 11.9 Å². The van der Waals surface area contributed by atoms with Gasteiger partial charge in [0.2, 0.25) is 5.95 Å². The molecule has 4 nitrogen and oxygen atoms in total. The summed E-state index contributed by atoms with van der Waals surface area (Å²) in [6, 6.07) is 6.88. The molecule has 0 fully saturated rings. The molecule has 0 amide bonds.